The topological polar surface area (TPSA) is 84.9 Å². The fraction of sp³-hybridized carbons (Fsp3) is 0.143. The predicted octanol–water partition coefficient (Wildman–Crippen LogP) is 6.42. The van der Waals surface area contributed by atoms with Gasteiger partial charge in [0.1, 0.15) is 11.7 Å². The van der Waals surface area contributed by atoms with Gasteiger partial charge in [0, 0.05) is 21.4 Å². The van der Waals surface area contributed by atoms with Crippen molar-refractivity contribution in [2.75, 3.05) is 0 Å². The van der Waals surface area contributed by atoms with Crippen LogP contribution >= 0.6 is 23.8 Å². The zero-order valence-electron chi connectivity index (χ0n) is 17.9. The molecule has 3 aromatic rings. The SMILES string of the molecule is N#CC(C#N)[C@@H](C1=C(O)[C@H](c2ccccc2)C(=S)[C@H](c2ccccc2)C1=O)c1ccc(Cl)cc1. The molecule has 34 heavy (non-hydrogen) atoms. The number of aliphatic hydroxyl groups excluding tert-OH is 1. The van der Waals surface area contributed by atoms with Gasteiger partial charge in [-0.25, -0.2) is 0 Å². The zero-order valence-corrected chi connectivity index (χ0v) is 19.5. The molecule has 0 saturated heterocycles. The summed E-state index contributed by atoms with van der Waals surface area (Å²) in [6, 6.07) is 28.9. The second-order valence-electron chi connectivity index (χ2n) is 8.02. The third-order valence-electron chi connectivity index (χ3n) is 6.06. The number of hydrogen-bond donors (Lipinski definition) is 1. The molecule has 3 atom stereocenters. The van der Waals surface area contributed by atoms with E-state index >= 15 is 0 Å². The van der Waals surface area contributed by atoms with Gasteiger partial charge in [-0.2, -0.15) is 10.5 Å². The molecular formula is C28H19ClN2O2S. The number of rotatable bonds is 5. The van der Waals surface area contributed by atoms with E-state index in [1.807, 2.05) is 72.8 Å². The molecule has 3 aromatic carbocycles. The Morgan fingerprint density at radius 3 is 1.82 bits per heavy atom. The number of aliphatic hydroxyl groups is 1. The van der Waals surface area contributed by atoms with Gasteiger partial charge >= 0.3 is 0 Å². The fourth-order valence-corrected chi connectivity index (χ4v) is 5.10. The molecule has 4 nitrogen and oxygen atoms in total. The quantitative estimate of drug-likeness (QED) is 0.424. The van der Waals surface area contributed by atoms with E-state index in [9.17, 15) is 20.4 Å². The van der Waals surface area contributed by atoms with Crippen molar-refractivity contribution in [3.63, 3.8) is 0 Å². The molecule has 0 aliphatic heterocycles. The van der Waals surface area contributed by atoms with E-state index in [-0.39, 0.29) is 11.3 Å². The minimum Gasteiger partial charge on any atom is -0.511 e. The van der Waals surface area contributed by atoms with E-state index in [1.165, 1.54) is 0 Å². The molecule has 1 aliphatic carbocycles. The summed E-state index contributed by atoms with van der Waals surface area (Å²) in [5.41, 5.74) is 2.01. The van der Waals surface area contributed by atoms with Crippen LogP contribution in [0.4, 0.5) is 0 Å². The Kier molecular flexibility index (Phi) is 6.89. The maximum Gasteiger partial charge on any atom is 0.175 e. The Bertz CT molecular complexity index is 1330. The van der Waals surface area contributed by atoms with Crippen molar-refractivity contribution in [1.29, 1.82) is 10.5 Å². The van der Waals surface area contributed by atoms with Crippen molar-refractivity contribution < 1.29 is 9.90 Å². The number of allylic oxidation sites excluding steroid dienone is 2. The second kappa shape index (κ2) is 10.0. The number of carbonyl (C=O) groups excluding carboxylic acids is 1. The van der Waals surface area contributed by atoms with Gasteiger partial charge in [-0.05, 0) is 28.8 Å². The number of benzene rings is 3. The highest BCUT2D eigenvalue weighted by molar-refractivity contribution is 7.80. The lowest BCUT2D eigenvalue weighted by Gasteiger charge is -2.35. The third-order valence-corrected chi connectivity index (χ3v) is 6.79. The highest BCUT2D eigenvalue weighted by atomic mass is 35.5. The van der Waals surface area contributed by atoms with Crippen LogP contribution in [0.25, 0.3) is 0 Å². The van der Waals surface area contributed by atoms with E-state index in [0.717, 1.165) is 5.56 Å². The Labute approximate surface area is 208 Å². The number of thiocarbonyl (C=S) groups is 1. The number of ketones is 1. The van der Waals surface area contributed by atoms with Gasteiger partial charge in [-0.1, -0.05) is 96.6 Å². The van der Waals surface area contributed by atoms with Crippen molar-refractivity contribution >= 4 is 34.5 Å². The van der Waals surface area contributed by atoms with Crippen molar-refractivity contribution in [3.05, 3.63) is 118 Å². The summed E-state index contributed by atoms with van der Waals surface area (Å²) in [5, 5.41) is 31.6. The molecule has 0 amide bonds. The average Bonchev–Trinajstić information content (AvgIpc) is 2.86. The van der Waals surface area contributed by atoms with E-state index in [1.54, 1.807) is 24.3 Å². The van der Waals surface area contributed by atoms with Crippen LogP contribution in [0.2, 0.25) is 5.02 Å². The van der Waals surface area contributed by atoms with Crippen LogP contribution in [0.15, 0.2) is 96.3 Å². The molecule has 6 heteroatoms. The Morgan fingerprint density at radius 1 is 0.824 bits per heavy atom. The molecule has 166 valence electrons. The normalized spacial score (nSPS) is 18.9. The van der Waals surface area contributed by atoms with Gasteiger partial charge in [-0.3, -0.25) is 4.79 Å². The van der Waals surface area contributed by atoms with Crippen LogP contribution in [-0.2, 0) is 4.79 Å². The fourth-order valence-electron chi connectivity index (χ4n) is 4.48. The molecule has 0 radical (unpaired) electrons. The molecule has 0 bridgehead atoms. The predicted molar refractivity (Wildman–Crippen MR) is 135 cm³/mol. The van der Waals surface area contributed by atoms with Crippen LogP contribution in [-0.4, -0.2) is 15.8 Å². The molecule has 0 aromatic heterocycles. The van der Waals surface area contributed by atoms with Crippen LogP contribution in [0.3, 0.4) is 0 Å². The van der Waals surface area contributed by atoms with Gasteiger partial charge in [0.2, 0.25) is 0 Å². The van der Waals surface area contributed by atoms with E-state index in [0.29, 0.717) is 21.0 Å². The molecule has 1 N–H and O–H groups in total. The van der Waals surface area contributed by atoms with Gasteiger partial charge in [0.15, 0.2) is 5.78 Å². The van der Waals surface area contributed by atoms with Crippen LogP contribution in [0, 0.1) is 28.6 Å². The summed E-state index contributed by atoms with van der Waals surface area (Å²) in [6.45, 7) is 0. The van der Waals surface area contributed by atoms with E-state index in [2.05, 4.69) is 0 Å². The molecule has 0 heterocycles. The summed E-state index contributed by atoms with van der Waals surface area (Å²) in [4.78, 5) is 14.4. The second-order valence-corrected chi connectivity index (χ2v) is 8.93. The highest BCUT2D eigenvalue weighted by Crippen LogP contribution is 2.46. The summed E-state index contributed by atoms with van der Waals surface area (Å²) in [7, 11) is 0. The van der Waals surface area contributed by atoms with Crippen LogP contribution in [0.1, 0.15) is 34.4 Å². The molecular weight excluding hydrogens is 464 g/mol. The molecule has 4 rings (SSSR count). The number of hydrogen-bond acceptors (Lipinski definition) is 5. The van der Waals surface area contributed by atoms with Crippen molar-refractivity contribution in [3.8, 4) is 12.1 Å². The van der Waals surface area contributed by atoms with Gasteiger partial charge < -0.3 is 5.11 Å². The molecule has 1 aliphatic rings. The van der Waals surface area contributed by atoms with Crippen LogP contribution in [0.5, 0.6) is 0 Å². The first-order chi connectivity index (χ1) is 16.5. The van der Waals surface area contributed by atoms with Gasteiger partial charge in [0.25, 0.3) is 0 Å². The lowest BCUT2D eigenvalue weighted by atomic mass is 9.68. The van der Waals surface area contributed by atoms with Crippen LogP contribution < -0.4 is 0 Å². The maximum atomic E-state index is 14.0. The number of nitriles is 2. The standard InChI is InChI=1S/C28H19ClN2O2S/c29-21-13-11-19(12-14-21)22(20(15-30)16-31)25-26(32)23(17-7-3-1-4-8-17)28(34)24(27(25)33)18-9-5-2-6-10-18/h1-14,20,22-24,32H/t22-,23-,24+/m0/s1. The van der Waals surface area contributed by atoms with Gasteiger partial charge in [0.05, 0.1) is 24.0 Å². The molecule has 0 fully saturated rings. The first-order valence-electron chi connectivity index (χ1n) is 10.6. The Hall–Kier alpha value is -3.77. The molecule has 0 spiro atoms. The third kappa shape index (κ3) is 4.24. The molecule has 0 saturated carbocycles. The molecule has 0 unspecified atom stereocenters. The van der Waals surface area contributed by atoms with Crippen molar-refractivity contribution in [2.24, 2.45) is 5.92 Å². The Morgan fingerprint density at radius 2 is 1.32 bits per heavy atom. The minimum atomic E-state index is -1.21. The minimum absolute atomic E-state index is 0.0340. The number of nitrogens with zero attached hydrogens (tertiary/aromatic N) is 2. The summed E-state index contributed by atoms with van der Waals surface area (Å²) < 4.78 is 0. The van der Waals surface area contributed by atoms with E-state index in [4.69, 9.17) is 23.8 Å². The van der Waals surface area contributed by atoms with E-state index < -0.39 is 29.5 Å². The van der Waals surface area contributed by atoms with Gasteiger partial charge in [-0.15, -0.1) is 0 Å². The first-order valence-corrected chi connectivity index (χ1v) is 11.4. The summed E-state index contributed by atoms with van der Waals surface area (Å²) in [6.07, 6.45) is 0. The smallest absolute Gasteiger partial charge is 0.175 e. The number of carbonyl (C=O) groups is 1. The summed E-state index contributed by atoms with van der Waals surface area (Å²) >= 11 is 11.9. The average molecular weight is 483 g/mol. The lowest BCUT2D eigenvalue weighted by molar-refractivity contribution is -0.116. The van der Waals surface area contributed by atoms with Crippen molar-refractivity contribution in [2.45, 2.75) is 17.8 Å². The number of halogens is 1. The Balaban J connectivity index is 1.99. The largest absolute Gasteiger partial charge is 0.511 e. The van der Waals surface area contributed by atoms with Crippen molar-refractivity contribution in [1.82, 2.24) is 0 Å². The first kappa shape index (κ1) is 23.4. The highest BCUT2D eigenvalue weighted by Gasteiger charge is 2.46. The maximum absolute atomic E-state index is 14.0. The lowest BCUT2D eigenvalue weighted by Crippen LogP contribution is -2.37. The number of Topliss-reactive ketones (excluding diaryl/α,β-unsaturated/α-hetero) is 1. The monoisotopic (exact) mass is 482 g/mol. The summed E-state index contributed by atoms with van der Waals surface area (Å²) in [5.74, 6) is -4.34. The zero-order chi connectivity index (χ0) is 24.2.